The number of anilines is 3. The minimum atomic E-state index is -5.10. The van der Waals surface area contributed by atoms with Gasteiger partial charge in [-0.1, -0.05) is 0 Å². The maximum absolute atomic E-state index is 14.1. The first-order valence-corrected chi connectivity index (χ1v) is 17.2. The summed E-state index contributed by atoms with van der Waals surface area (Å²) in [5.41, 5.74) is -3.79. The monoisotopic (exact) mass is 746 g/mol. The van der Waals surface area contributed by atoms with Crippen LogP contribution in [-0.4, -0.2) is 65.6 Å². The van der Waals surface area contributed by atoms with Gasteiger partial charge >= 0.3 is 18.5 Å². The fourth-order valence-electron chi connectivity index (χ4n) is 7.53. The van der Waals surface area contributed by atoms with E-state index in [0.717, 1.165) is 50.8 Å². The largest absolute Gasteiger partial charge is 0.417 e. The molecule has 2 saturated heterocycles. The fraction of sp³-hybridized carbons (Fsp3) is 0.571. The van der Waals surface area contributed by atoms with E-state index in [-0.39, 0.29) is 53.4 Å². The molecule has 0 spiro atoms. The van der Waals surface area contributed by atoms with E-state index in [9.17, 15) is 44.6 Å². The van der Waals surface area contributed by atoms with Crippen molar-refractivity contribution in [3.05, 3.63) is 70.7 Å². The number of ether oxygens (including phenoxy) is 1. The molecule has 2 aromatic heterocycles. The molecule has 0 bridgehead atoms. The Morgan fingerprint density at radius 1 is 0.712 bits per heavy atom. The third-order valence-corrected chi connectivity index (χ3v) is 10.2. The van der Waals surface area contributed by atoms with Gasteiger partial charge in [0, 0.05) is 57.1 Å². The number of hydrogen-bond acceptors (Lipinski definition) is 8. The first-order chi connectivity index (χ1) is 24.6. The average Bonchev–Trinajstić information content (AvgIpc) is 3.60. The second-order valence-corrected chi connectivity index (χ2v) is 13.7. The third kappa shape index (κ3) is 8.84. The van der Waals surface area contributed by atoms with Crippen molar-refractivity contribution in [2.45, 2.75) is 76.2 Å². The van der Waals surface area contributed by atoms with Crippen molar-refractivity contribution >= 4 is 17.5 Å². The summed E-state index contributed by atoms with van der Waals surface area (Å²) < 4.78 is 131. The van der Waals surface area contributed by atoms with Crippen LogP contribution in [0.15, 0.2) is 42.9 Å². The molecule has 1 N–H and O–H groups in total. The number of aromatic nitrogens is 3. The number of hydrogen-bond donors (Lipinski definition) is 1. The van der Waals surface area contributed by atoms with E-state index in [0.29, 0.717) is 50.7 Å². The van der Waals surface area contributed by atoms with Crippen molar-refractivity contribution in [1.29, 1.82) is 0 Å². The summed E-state index contributed by atoms with van der Waals surface area (Å²) in [5.74, 6) is 0.560. The van der Waals surface area contributed by atoms with E-state index in [1.54, 1.807) is 0 Å². The standard InChI is InChI=1S/C35H39F9N6O2/c36-33(37,38)26-12-23(13-27(15-26)34(39,40)41)19-49(32-46-17-29(18-47-32)48-8-10-52-11-9-48)20-25-14-28(35(42,43)44)16-45-31(25)50-7-1-2-30(50)24-5-3-22(21-51)4-6-24/h12-18,22,24,30,51H,1-11,19-21H2/t22?,24?,30-/m1/s1. The van der Waals surface area contributed by atoms with Gasteiger partial charge < -0.3 is 24.5 Å². The minimum Gasteiger partial charge on any atom is -0.396 e. The zero-order chi connectivity index (χ0) is 37.3. The van der Waals surface area contributed by atoms with Crippen molar-refractivity contribution < 1.29 is 49.4 Å². The quantitative estimate of drug-likeness (QED) is 0.223. The van der Waals surface area contributed by atoms with Gasteiger partial charge in [-0.2, -0.15) is 39.5 Å². The average molecular weight is 747 g/mol. The van der Waals surface area contributed by atoms with Crippen LogP contribution in [0, 0.1) is 11.8 Å². The lowest BCUT2D eigenvalue weighted by molar-refractivity contribution is -0.143. The summed E-state index contributed by atoms with van der Waals surface area (Å²) in [6.07, 6.45) is -6.49. The molecule has 0 amide bonds. The maximum Gasteiger partial charge on any atom is 0.417 e. The van der Waals surface area contributed by atoms with E-state index < -0.39 is 48.3 Å². The molecular weight excluding hydrogens is 707 g/mol. The molecule has 17 heteroatoms. The van der Waals surface area contributed by atoms with Crippen LogP contribution in [-0.2, 0) is 36.4 Å². The Kier molecular flexibility index (Phi) is 11.1. The molecule has 0 radical (unpaired) electrons. The molecule has 0 unspecified atom stereocenters. The normalized spacial score (nSPS) is 21.8. The topological polar surface area (TPSA) is 77.9 Å². The zero-order valence-electron chi connectivity index (χ0n) is 28.1. The lowest BCUT2D eigenvalue weighted by Crippen LogP contribution is -2.39. The van der Waals surface area contributed by atoms with E-state index >= 15 is 0 Å². The van der Waals surface area contributed by atoms with Gasteiger partial charge in [0.1, 0.15) is 5.82 Å². The number of morpholine rings is 1. The molecule has 3 aromatic rings. The molecule has 2 aliphatic heterocycles. The Bertz CT molecular complexity index is 1620. The highest BCUT2D eigenvalue weighted by molar-refractivity contribution is 5.53. The SMILES string of the molecule is OCC1CCC([C@H]2CCCN2c2ncc(C(F)(F)F)cc2CN(Cc2cc(C(F)(F)F)cc(C(F)(F)F)c2)c2ncc(N3CCOCC3)cn2)CC1. The van der Waals surface area contributed by atoms with Gasteiger partial charge in [-0.05, 0) is 80.2 Å². The Morgan fingerprint density at radius 2 is 1.33 bits per heavy atom. The first-order valence-electron chi connectivity index (χ1n) is 17.2. The van der Waals surface area contributed by atoms with Crippen LogP contribution in [0.5, 0.6) is 0 Å². The molecule has 1 atom stereocenters. The number of aliphatic hydroxyl groups excluding tert-OH is 1. The summed E-state index contributed by atoms with van der Waals surface area (Å²) >= 11 is 0. The Labute approximate surface area is 294 Å². The summed E-state index contributed by atoms with van der Waals surface area (Å²) in [5, 5.41) is 9.63. The number of alkyl halides is 9. The van der Waals surface area contributed by atoms with Gasteiger partial charge in [0.05, 0.1) is 48.0 Å². The molecule has 3 aliphatic rings. The number of benzene rings is 1. The smallest absolute Gasteiger partial charge is 0.396 e. The van der Waals surface area contributed by atoms with E-state index in [2.05, 4.69) is 15.0 Å². The molecule has 3 fully saturated rings. The minimum absolute atomic E-state index is 0.0256. The highest BCUT2D eigenvalue weighted by Crippen LogP contribution is 2.41. The van der Waals surface area contributed by atoms with Gasteiger partial charge in [-0.15, -0.1) is 0 Å². The predicted octanol–water partition coefficient (Wildman–Crippen LogP) is 7.74. The summed E-state index contributed by atoms with van der Waals surface area (Å²) in [6.45, 7) is 1.59. The van der Waals surface area contributed by atoms with Crippen LogP contribution in [0.4, 0.5) is 57.0 Å². The summed E-state index contributed by atoms with van der Waals surface area (Å²) in [7, 11) is 0. The number of pyridine rings is 1. The van der Waals surface area contributed by atoms with Crippen LogP contribution in [0.25, 0.3) is 0 Å². The Hall–Kier alpha value is -3.86. The molecule has 1 aliphatic carbocycles. The van der Waals surface area contributed by atoms with Crippen molar-refractivity contribution in [3.8, 4) is 0 Å². The molecule has 8 nitrogen and oxygen atoms in total. The van der Waals surface area contributed by atoms with Crippen molar-refractivity contribution in [3.63, 3.8) is 0 Å². The molecule has 6 rings (SSSR count). The van der Waals surface area contributed by atoms with Gasteiger partial charge in [0.15, 0.2) is 0 Å². The second-order valence-electron chi connectivity index (χ2n) is 13.7. The van der Waals surface area contributed by atoms with Crippen molar-refractivity contribution in [2.75, 3.05) is 54.2 Å². The number of halogens is 9. The van der Waals surface area contributed by atoms with Crippen LogP contribution in [0.1, 0.15) is 66.3 Å². The first kappa shape index (κ1) is 37.9. The lowest BCUT2D eigenvalue weighted by atomic mass is 9.78. The molecule has 284 valence electrons. The van der Waals surface area contributed by atoms with Crippen molar-refractivity contribution in [1.82, 2.24) is 15.0 Å². The summed E-state index contributed by atoms with van der Waals surface area (Å²) in [4.78, 5) is 18.3. The molecule has 4 heterocycles. The Balaban J connectivity index is 1.40. The maximum atomic E-state index is 14.1. The van der Waals surface area contributed by atoms with Crippen LogP contribution >= 0.6 is 0 Å². The van der Waals surface area contributed by atoms with E-state index in [4.69, 9.17) is 4.74 Å². The summed E-state index contributed by atoms with van der Waals surface area (Å²) in [6, 6.07) is 2.10. The number of nitrogens with zero attached hydrogens (tertiary/aromatic N) is 6. The molecule has 1 aromatic carbocycles. The molecule has 1 saturated carbocycles. The van der Waals surface area contributed by atoms with Crippen molar-refractivity contribution in [2.24, 2.45) is 11.8 Å². The van der Waals surface area contributed by atoms with Gasteiger partial charge in [0.2, 0.25) is 5.95 Å². The van der Waals surface area contributed by atoms with Crippen LogP contribution in [0.3, 0.4) is 0 Å². The van der Waals surface area contributed by atoms with Gasteiger partial charge in [-0.25, -0.2) is 15.0 Å². The van der Waals surface area contributed by atoms with E-state index in [1.165, 1.54) is 17.3 Å². The second kappa shape index (κ2) is 15.2. The zero-order valence-corrected chi connectivity index (χ0v) is 28.1. The highest BCUT2D eigenvalue weighted by atomic mass is 19.4. The van der Waals surface area contributed by atoms with Gasteiger partial charge in [-0.3, -0.25) is 0 Å². The highest BCUT2D eigenvalue weighted by Gasteiger charge is 2.39. The lowest BCUT2D eigenvalue weighted by Gasteiger charge is -2.38. The predicted molar refractivity (Wildman–Crippen MR) is 174 cm³/mol. The van der Waals surface area contributed by atoms with Gasteiger partial charge in [0.25, 0.3) is 0 Å². The molecule has 52 heavy (non-hydrogen) atoms. The molecular formula is C35H39F9N6O2. The number of rotatable bonds is 9. The van der Waals surface area contributed by atoms with E-state index in [1.807, 2.05) is 9.80 Å². The fourth-order valence-corrected chi connectivity index (χ4v) is 7.53. The van der Waals surface area contributed by atoms with Crippen LogP contribution < -0.4 is 14.7 Å². The Morgan fingerprint density at radius 3 is 1.90 bits per heavy atom. The third-order valence-electron chi connectivity index (χ3n) is 10.2. The number of aliphatic hydroxyl groups is 1. The van der Waals surface area contributed by atoms with Crippen LogP contribution in [0.2, 0.25) is 0 Å².